The number of hydrogen-bond donors (Lipinski definition) is 3. The molecule has 1 aromatic rings. The number of phenols is 2. The molecular formula is C17H30N2O2. The molecule has 0 aromatic heterocycles. The van der Waals surface area contributed by atoms with Crippen molar-refractivity contribution < 1.29 is 10.2 Å². The lowest BCUT2D eigenvalue weighted by Gasteiger charge is -2.23. The molecule has 3 N–H and O–H groups in total. The quantitative estimate of drug-likeness (QED) is 0.654. The molecule has 0 spiro atoms. The number of benzene rings is 1. The van der Waals surface area contributed by atoms with Gasteiger partial charge in [-0.3, -0.25) is 0 Å². The third-order valence-electron chi connectivity index (χ3n) is 4.02. The third-order valence-corrected chi connectivity index (χ3v) is 4.02. The first-order valence-corrected chi connectivity index (χ1v) is 7.98. The molecule has 0 fully saturated rings. The molecule has 21 heavy (non-hydrogen) atoms. The van der Waals surface area contributed by atoms with E-state index < -0.39 is 0 Å². The van der Waals surface area contributed by atoms with Crippen molar-refractivity contribution >= 4 is 0 Å². The maximum absolute atomic E-state index is 9.88. The first-order chi connectivity index (χ1) is 9.97. The number of phenolic OH excluding ortho intramolecular Hbond substituents is 2. The van der Waals surface area contributed by atoms with Gasteiger partial charge < -0.3 is 20.4 Å². The molecule has 2 unspecified atom stereocenters. The van der Waals surface area contributed by atoms with Crippen LogP contribution in [0.1, 0.15) is 52.1 Å². The minimum absolute atomic E-state index is 0.0639. The fourth-order valence-electron chi connectivity index (χ4n) is 2.66. The SMILES string of the molecule is CCN(CC)CCCC(C)NC(C)c1ccc(O)cc1O. The first-order valence-electron chi connectivity index (χ1n) is 7.98. The van der Waals surface area contributed by atoms with Gasteiger partial charge in [-0.2, -0.15) is 0 Å². The van der Waals surface area contributed by atoms with E-state index in [4.69, 9.17) is 0 Å². The van der Waals surface area contributed by atoms with Crippen molar-refractivity contribution in [2.45, 2.75) is 52.6 Å². The van der Waals surface area contributed by atoms with Gasteiger partial charge in [-0.1, -0.05) is 19.9 Å². The largest absolute Gasteiger partial charge is 0.508 e. The summed E-state index contributed by atoms with van der Waals surface area (Å²) in [6.45, 7) is 12.0. The molecule has 0 heterocycles. The minimum atomic E-state index is 0.0639. The molecule has 0 aliphatic rings. The molecule has 120 valence electrons. The van der Waals surface area contributed by atoms with Gasteiger partial charge in [0.15, 0.2) is 0 Å². The maximum Gasteiger partial charge on any atom is 0.124 e. The van der Waals surface area contributed by atoms with E-state index in [1.165, 1.54) is 12.5 Å². The van der Waals surface area contributed by atoms with Gasteiger partial charge >= 0.3 is 0 Å². The Morgan fingerprint density at radius 2 is 1.81 bits per heavy atom. The maximum atomic E-state index is 9.88. The van der Waals surface area contributed by atoms with Crippen molar-refractivity contribution in [3.8, 4) is 11.5 Å². The molecule has 1 aromatic carbocycles. The Bertz CT molecular complexity index is 419. The second-order valence-electron chi connectivity index (χ2n) is 5.70. The van der Waals surface area contributed by atoms with Crippen LogP contribution >= 0.6 is 0 Å². The van der Waals surface area contributed by atoms with Crippen LogP contribution in [-0.4, -0.2) is 40.8 Å². The van der Waals surface area contributed by atoms with E-state index in [0.717, 1.165) is 31.6 Å². The highest BCUT2D eigenvalue weighted by molar-refractivity contribution is 5.40. The lowest BCUT2D eigenvalue weighted by molar-refractivity contribution is 0.288. The highest BCUT2D eigenvalue weighted by atomic mass is 16.3. The van der Waals surface area contributed by atoms with Crippen LogP contribution in [-0.2, 0) is 0 Å². The zero-order valence-electron chi connectivity index (χ0n) is 13.8. The number of aromatic hydroxyl groups is 2. The summed E-state index contributed by atoms with van der Waals surface area (Å²) in [5.41, 5.74) is 0.823. The van der Waals surface area contributed by atoms with Crippen LogP contribution in [0.4, 0.5) is 0 Å². The van der Waals surface area contributed by atoms with Gasteiger partial charge in [-0.15, -0.1) is 0 Å². The molecule has 4 heteroatoms. The Morgan fingerprint density at radius 1 is 1.14 bits per heavy atom. The first kappa shape index (κ1) is 17.8. The monoisotopic (exact) mass is 294 g/mol. The smallest absolute Gasteiger partial charge is 0.124 e. The van der Waals surface area contributed by atoms with Crippen molar-refractivity contribution in [3.05, 3.63) is 23.8 Å². The highest BCUT2D eigenvalue weighted by Gasteiger charge is 2.13. The van der Waals surface area contributed by atoms with E-state index in [0.29, 0.717) is 6.04 Å². The molecule has 0 saturated carbocycles. The summed E-state index contributed by atoms with van der Waals surface area (Å²) in [5, 5.41) is 22.7. The molecule has 0 bridgehead atoms. The lowest BCUT2D eigenvalue weighted by Crippen LogP contribution is -2.31. The molecule has 0 aliphatic carbocycles. The molecular weight excluding hydrogens is 264 g/mol. The Kier molecular flexibility index (Phi) is 7.54. The normalized spacial score (nSPS) is 14.3. The Labute approximate surface area is 128 Å². The average Bonchev–Trinajstić information content (AvgIpc) is 2.43. The number of nitrogens with one attached hydrogen (secondary N) is 1. The van der Waals surface area contributed by atoms with Gasteiger partial charge in [0.25, 0.3) is 0 Å². The van der Waals surface area contributed by atoms with Crippen LogP contribution in [0.15, 0.2) is 18.2 Å². The van der Waals surface area contributed by atoms with Crippen LogP contribution in [0.25, 0.3) is 0 Å². The van der Waals surface area contributed by atoms with Gasteiger partial charge in [0, 0.05) is 23.7 Å². The van der Waals surface area contributed by atoms with Gasteiger partial charge in [-0.05, 0) is 52.4 Å². The molecule has 0 amide bonds. The predicted molar refractivity (Wildman–Crippen MR) is 87.8 cm³/mol. The zero-order valence-corrected chi connectivity index (χ0v) is 13.8. The van der Waals surface area contributed by atoms with E-state index in [1.54, 1.807) is 12.1 Å². The predicted octanol–water partition coefficient (Wildman–Crippen LogP) is 3.26. The summed E-state index contributed by atoms with van der Waals surface area (Å²) in [6, 6.07) is 5.22. The standard InChI is InChI=1S/C17H30N2O2/c1-5-19(6-2)11-7-8-13(3)18-14(4)16-10-9-15(20)12-17(16)21/h9-10,12-14,18,20-21H,5-8,11H2,1-4H3. The van der Waals surface area contributed by atoms with Gasteiger partial charge in [0.1, 0.15) is 11.5 Å². The summed E-state index contributed by atoms with van der Waals surface area (Å²) in [6.07, 6.45) is 2.28. The van der Waals surface area contributed by atoms with E-state index >= 15 is 0 Å². The van der Waals surface area contributed by atoms with E-state index in [9.17, 15) is 10.2 Å². The second kappa shape index (κ2) is 8.90. The van der Waals surface area contributed by atoms with Crippen LogP contribution in [0.3, 0.4) is 0 Å². The Balaban J connectivity index is 2.41. The van der Waals surface area contributed by atoms with Crippen LogP contribution in [0, 0.1) is 0 Å². The highest BCUT2D eigenvalue weighted by Crippen LogP contribution is 2.28. The minimum Gasteiger partial charge on any atom is -0.508 e. The summed E-state index contributed by atoms with van der Waals surface area (Å²) in [7, 11) is 0. The number of rotatable bonds is 9. The summed E-state index contributed by atoms with van der Waals surface area (Å²) < 4.78 is 0. The Hall–Kier alpha value is -1.26. The topological polar surface area (TPSA) is 55.7 Å². The fourth-order valence-corrected chi connectivity index (χ4v) is 2.66. The van der Waals surface area contributed by atoms with Crippen LogP contribution in [0.2, 0.25) is 0 Å². The van der Waals surface area contributed by atoms with Crippen LogP contribution < -0.4 is 5.32 Å². The van der Waals surface area contributed by atoms with E-state index in [1.807, 2.05) is 6.92 Å². The average molecular weight is 294 g/mol. The zero-order chi connectivity index (χ0) is 15.8. The second-order valence-corrected chi connectivity index (χ2v) is 5.70. The molecule has 2 atom stereocenters. The van der Waals surface area contributed by atoms with Crippen molar-refractivity contribution in [3.63, 3.8) is 0 Å². The van der Waals surface area contributed by atoms with E-state index in [2.05, 4.69) is 31.0 Å². The fraction of sp³-hybridized carbons (Fsp3) is 0.647. The van der Waals surface area contributed by atoms with E-state index in [-0.39, 0.29) is 17.5 Å². The molecule has 0 saturated heterocycles. The summed E-state index contributed by atoms with van der Waals surface area (Å²) in [5.74, 6) is 0.237. The van der Waals surface area contributed by atoms with Crippen molar-refractivity contribution in [2.75, 3.05) is 19.6 Å². The van der Waals surface area contributed by atoms with Crippen molar-refractivity contribution in [2.24, 2.45) is 0 Å². The van der Waals surface area contributed by atoms with Crippen molar-refractivity contribution in [1.29, 1.82) is 0 Å². The van der Waals surface area contributed by atoms with Crippen molar-refractivity contribution in [1.82, 2.24) is 10.2 Å². The molecule has 0 radical (unpaired) electrons. The molecule has 0 aliphatic heterocycles. The molecule has 1 rings (SSSR count). The number of hydrogen-bond acceptors (Lipinski definition) is 4. The van der Waals surface area contributed by atoms with Gasteiger partial charge in [-0.25, -0.2) is 0 Å². The number of nitrogens with zero attached hydrogens (tertiary/aromatic N) is 1. The molecule has 4 nitrogen and oxygen atoms in total. The third kappa shape index (κ3) is 5.94. The Morgan fingerprint density at radius 3 is 2.38 bits per heavy atom. The summed E-state index contributed by atoms with van der Waals surface area (Å²) >= 11 is 0. The summed E-state index contributed by atoms with van der Waals surface area (Å²) in [4.78, 5) is 2.43. The lowest BCUT2D eigenvalue weighted by atomic mass is 10.0. The van der Waals surface area contributed by atoms with Gasteiger partial charge in [0.2, 0.25) is 0 Å². The van der Waals surface area contributed by atoms with Gasteiger partial charge in [0.05, 0.1) is 0 Å². The van der Waals surface area contributed by atoms with Crippen LogP contribution in [0.5, 0.6) is 11.5 Å².